The maximum absolute atomic E-state index is 12.5. The predicted molar refractivity (Wildman–Crippen MR) is 104 cm³/mol. The maximum Gasteiger partial charge on any atom is 0.245 e. The molecule has 27 heavy (non-hydrogen) atoms. The number of ketones is 1. The molecule has 1 heterocycles. The number of nitriles is 1. The molecule has 1 amide bonds. The Morgan fingerprint density at radius 1 is 1.30 bits per heavy atom. The van der Waals surface area contributed by atoms with Gasteiger partial charge in [-0.05, 0) is 27.2 Å². The third-order valence-electron chi connectivity index (χ3n) is 3.78. The summed E-state index contributed by atoms with van der Waals surface area (Å²) in [6.07, 6.45) is 0.742. The van der Waals surface area contributed by atoms with Crippen LogP contribution in [0.2, 0.25) is 0 Å². The van der Waals surface area contributed by atoms with Crippen molar-refractivity contribution in [3.05, 3.63) is 40.9 Å². The van der Waals surface area contributed by atoms with Crippen molar-refractivity contribution < 1.29 is 14.3 Å². The highest BCUT2D eigenvalue weighted by molar-refractivity contribution is 7.13. The Labute approximate surface area is 163 Å². The maximum atomic E-state index is 12.5. The van der Waals surface area contributed by atoms with Gasteiger partial charge in [-0.15, -0.1) is 11.3 Å². The lowest BCUT2D eigenvalue weighted by atomic mass is 10.0. The van der Waals surface area contributed by atoms with E-state index in [4.69, 9.17) is 4.74 Å². The number of hydrogen-bond donors (Lipinski definition) is 1. The zero-order chi connectivity index (χ0) is 19.8. The summed E-state index contributed by atoms with van der Waals surface area (Å²) in [6.45, 7) is 6.72. The number of carbonyl (C=O) groups is 2. The molecule has 0 fully saturated rings. The van der Waals surface area contributed by atoms with Gasteiger partial charge in [0.15, 0.2) is 5.92 Å². The van der Waals surface area contributed by atoms with Crippen molar-refractivity contribution in [2.75, 3.05) is 13.2 Å². The van der Waals surface area contributed by atoms with Crippen molar-refractivity contribution in [2.24, 2.45) is 5.92 Å². The number of hydrogen-bond acceptors (Lipinski definition) is 6. The Balaban J connectivity index is 1.97. The van der Waals surface area contributed by atoms with Crippen LogP contribution in [0.25, 0.3) is 10.6 Å². The molecule has 1 aromatic carbocycles. The quantitative estimate of drug-likeness (QED) is 0.406. The number of nitrogens with zero attached hydrogens (tertiary/aromatic N) is 2. The fourth-order valence-electron chi connectivity index (χ4n) is 2.30. The van der Waals surface area contributed by atoms with Crippen LogP contribution in [0.4, 0.5) is 0 Å². The molecule has 0 bridgehead atoms. The molecule has 2 rings (SSSR count). The first-order chi connectivity index (χ1) is 12.9. The van der Waals surface area contributed by atoms with E-state index < -0.39 is 17.6 Å². The molecule has 6 nitrogen and oxygen atoms in total. The van der Waals surface area contributed by atoms with Crippen LogP contribution in [0.5, 0.6) is 0 Å². The molecule has 0 aliphatic carbocycles. The van der Waals surface area contributed by atoms with Crippen LogP contribution in [0.15, 0.2) is 29.6 Å². The molecule has 2 aromatic rings. The second kappa shape index (κ2) is 9.95. The molecule has 1 aromatic heterocycles. The van der Waals surface area contributed by atoms with E-state index >= 15 is 0 Å². The first kappa shape index (κ1) is 20.7. The number of Topliss-reactive ketones (excluding diaryl/α,β-unsaturated/α-hetero) is 1. The number of carbonyl (C=O) groups excluding carboxylic acids is 2. The zero-order valence-corrected chi connectivity index (χ0v) is 16.5. The Kier molecular flexibility index (Phi) is 7.65. The van der Waals surface area contributed by atoms with E-state index in [1.807, 2.05) is 45.0 Å². The van der Waals surface area contributed by atoms with Crippen LogP contribution in [-0.4, -0.2) is 35.9 Å². The molecule has 7 heteroatoms. The highest BCUT2D eigenvalue weighted by atomic mass is 32.1. The lowest BCUT2D eigenvalue weighted by molar-refractivity contribution is -0.122. The summed E-state index contributed by atoms with van der Waals surface area (Å²) in [5.74, 6) is -2.58. The van der Waals surface area contributed by atoms with Gasteiger partial charge in [-0.25, -0.2) is 4.98 Å². The van der Waals surface area contributed by atoms with Crippen molar-refractivity contribution in [3.63, 3.8) is 0 Å². The standard InChI is InChI=1S/C20H23N3O3S/c1-13(2)26-10-4-9-22-19(25)16(11-21)18(24)17-12-27-20(23-17)15-7-5-14(3)6-8-15/h5-8,12-13,16H,4,9-10H2,1-3H3,(H,22,25). The average Bonchev–Trinajstić information content (AvgIpc) is 3.12. The van der Waals surface area contributed by atoms with E-state index in [2.05, 4.69) is 10.3 Å². The van der Waals surface area contributed by atoms with Gasteiger partial charge in [0.25, 0.3) is 0 Å². The SMILES string of the molecule is Cc1ccc(-c2nc(C(=O)C(C#N)C(=O)NCCCOC(C)C)cs2)cc1. The molecule has 142 valence electrons. The summed E-state index contributed by atoms with van der Waals surface area (Å²) >= 11 is 1.31. The van der Waals surface area contributed by atoms with Gasteiger partial charge in [0.05, 0.1) is 12.2 Å². The smallest absolute Gasteiger partial charge is 0.245 e. The number of nitrogens with one attached hydrogen (secondary N) is 1. The number of rotatable bonds is 9. The molecule has 1 unspecified atom stereocenters. The van der Waals surface area contributed by atoms with Crippen molar-refractivity contribution in [1.29, 1.82) is 5.26 Å². The van der Waals surface area contributed by atoms with Crippen molar-refractivity contribution in [2.45, 2.75) is 33.3 Å². The van der Waals surface area contributed by atoms with E-state index in [-0.39, 0.29) is 11.8 Å². The zero-order valence-electron chi connectivity index (χ0n) is 15.7. The van der Waals surface area contributed by atoms with Crippen LogP contribution in [0.3, 0.4) is 0 Å². The summed E-state index contributed by atoms with van der Waals surface area (Å²) in [5.41, 5.74) is 2.17. The number of aromatic nitrogens is 1. The third kappa shape index (κ3) is 5.98. The second-order valence-electron chi connectivity index (χ2n) is 6.39. The lowest BCUT2D eigenvalue weighted by Gasteiger charge is -2.10. The fraction of sp³-hybridized carbons (Fsp3) is 0.400. The summed E-state index contributed by atoms with van der Waals surface area (Å²) < 4.78 is 5.39. The summed E-state index contributed by atoms with van der Waals surface area (Å²) in [7, 11) is 0. The van der Waals surface area contributed by atoms with Gasteiger partial charge >= 0.3 is 0 Å². The molecule has 0 aliphatic heterocycles. The van der Waals surface area contributed by atoms with Crippen LogP contribution in [0.1, 0.15) is 36.3 Å². The Hall–Kier alpha value is -2.56. The number of thiazole rings is 1. The Bertz CT molecular complexity index is 822. The monoisotopic (exact) mass is 385 g/mol. The van der Waals surface area contributed by atoms with E-state index in [0.717, 1.165) is 11.1 Å². The van der Waals surface area contributed by atoms with E-state index in [1.165, 1.54) is 11.3 Å². The first-order valence-electron chi connectivity index (χ1n) is 8.78. The van der Waals surface area contributed by atoms with Gasteiger partial charge in [0.2, 0.25) is 11.7 Å². The Morgan fingerprint density at radius 3 is 2.63 bits per heavy atom. The van der Waals surface area contributed by atoms with Gasteiger partial charge in [-0.3, -0.25) is 9.59 Å². The van der Waals surface area contributed by atoms with E-state index in [9.17, 15) is 14.9 Å². The molecule has 0 saturated heterocycles. The summed E-state index contributed by atoms with van der Waals surface area (Å²) in [6, 6.07) is 9.57. The van der Waals surface area contributed by atoms with Crippen LogP contribution < -0.4 is 5.32 Å². The summed E-state index contributed by atoms with van der Waals surface area (Å²) in [4.78, 5) is 29.0. The normalized spacial score (nSPS) is 11.8. The minimum Gasteiger partial charge on any atom is -0.379 e. The van der Waals surface area contributed by atoms with Crippen molar-refractivity contribution >= 4 is 23.0 Å². The van der Waals surface area contributed by atoms with Crippen LogP contribution in [0, 0.1) is 24.2 Å². The van der Waals surface area contributed by atoms with Crippen LogP contribution >= 0.6 is 11.3 Å². The molecule has 0 spiro atoms. The number of amides is 1. The first-order valence-corrected chi connectivity index (χ1v) is 9.66. The minimum atomic E-state index is -1.40. The topological polar surface area (TPSA) is 92.1 Å². The van der Waals surface area contributed by atoms with Gasteiger partial charge in [-0.2, -0.15) is 5.26 Å². The average molecular weight is 385 g/mol. The van der Waals surface area contributed by atoms with E-state index in [0.29, 0.717) is 24.6 Å². The molecule has 1 atom stereocenters. The lowest BCUT2D eigenvalue weighted by Crippen LogP contribution is -2.35. The van der Waals surface area contributed by atoms with Crippen molar-refractivity contribution in [1.82, 2.24) is 10.3 Å². The molecule has 0 saturated carbocycles. The number of benzene rings is 1. The largest absolute Gasteiger partial charge is 0.379 e. The Morgan fingerprint density at radius 2 is 2.00 bits per heavy atom. The van der Waals surface area contributed by atoms with Crippen LogP contribution in [-0.2, 0) is 9.53 Å². The van der Waals surface area contributed by atoms with Gasteiger partial charge in [0.1, 0.15) is 10.7 Å². The molecular weight excluding hydrogens is 362 g/mol. The van der Waals surface area contributed by atoms with Gasteiger partial charge < -0.3 is 10.1 Å². The second-order valence-corrected chi connectivity index (χ2v) is 7.25. The van der Waals surface area contributed by atoms with Gasteiger partial charge in [-0.1, -0.05) is 29.8 Å². The van der Waals surface area contributed by atoms with Crippen molar-refractivity contribution in [3.8, 4) is 16.6 Å². The highest BCUT2D eigenvalue weighted by Gasteiger charge is 2.29. The number of ether oxygens (including phenoxy) is 1. The van der Waals surface area contributed by atoms with E-state index in [1.54, 1.807) is 11.4 Å². The number of aryl methyl sites for hydroxylation is 1. The highest BCUT2D eigenvalue weighted by Crippen LogP contribution is 2.25. The molecular formula is C20H23N3O3S. The van der Waals surface area contributed by atoms with Gasteiger partial charge in [0, 0.05) is 24.1 Å². The predicted octanol–water partition coefficient (Wildman–Crippen LogP) is 3.37. The third-order valence-corrected chi connectivity index (χ3v) is 4.67. The molecule has 0 radical (unpaired) electrons. The molecule has 0 aliphatic rings. The minimum absolute atomic E-state index is 0.126. The molecule has 1 N–H and O–H groups in total. The summed E-state index contributed by atoms with van der Waals surface area (Å²) in [5, 5.41) is 14.2. The fourth-order valence-corrected chi connectivity index (χ4v) is 3.12.